The highest BCUT2D eigenvalue weighted by Crippen LogP contribution is 2.33. The maximum absolute atomic E-state index is 13.2. The van der Waals surface area contributed by atoms with E-state index in [1.165, 1.54) is 5.56 Å². The number of hydrogen-bond donors (Lipinski definition) is 0. The summed E-state index contributed by atoms with van der Waals surface area (Å²) in [6, 6.07) is 18.3. The monoisotopic (exact) mass is 414 g/mol. The molecule has 156 valence electrons. The normalized spacial score (nSPS) is 21.0. The molecule has 1 aliphatic rings. The molecule has 3 atom stereocenters. The number of methoxy groups -OCH3 is 1. The second-order valence-corrected chi connectivity index (χ2v) is 8.31. The number of nitrogens with zero attached hydrogens (tertiary/aromatic N) is 2. The summed E-state index contributed by atoms with van der Waals surface area (Å²) in [5.74, 6) is 0.305. The third-order valence-corrected chi connectivity index (χ3v) is 6.21. The third kappa shape index (κ3) is 5.39. The number of halogens is 1. The van der Waals surface area contributed by atoms with Crippen LogP contribution in [0.2, 0.25) is 5.02 Å². The summed E-state index contributed by atoms with van der Waals surface area (Å²) in [5.41, 5.74) is 2.14. The van der Waals surface area contributed by atoms with E-state index in [0.717, 1.165) is 38.2 Å². The lowest BCUT2D eigenvalue weighted by Crippen LogP contribution is -2.54. The zero-order valence-electron chi connectivity index (χ0n) is 17.6. The van der Waals surface area contributed by atoms with Crippen molar-refractivity contribution in [3.63, 3.8) is 0 Å². The zero-order chi connectivity index (χ0) is 20.8. The molecule has 0 aliphatic carbocycles. The van der Waals surface area contributed by atoms with E-state index in [9.17, 15) is 4.79 Å². The van der Waals surface area contributed by atoms with Gasteiger partial charge < -0.3 is 14.5 Å². The lowest BCUT2D eigenvalue weighted by Gasteiger charge is -2.43. The fraction of sp³-hybridized carbons (Fsp3) is 0.458. The Morgan fingerprint density at radius 1 is 1.21 bits per heavy atom. The van der Waals surface area contributed by atoms with Crippen molar-refractivity contribution in [2.45, 2.75) is 38.8 Å². The van der Waals surface area contributed by atoms with Gasteiger partial charge in [-0.05, 0) is 43.4 Å². The maximum atomic E-state index is 13.2. The lowest BCUT2D eigenvalue weighted by atomic mass is 9.91. The quantitative estimate of drug-likeness (QED) is 0.660. The zero-order valence-corrected chi connectivity index (χ0v) is 18.3. The number of likely N-dealkylation sites (tertiary alicyclic amines) is 1. The minimum absolute atomic E-state index is 0.0322. The Bertz CT molecular complexity index is 798. The third-order valence-electron chi connectivity index (χ3n) is 5.89. The fourth-order valence-electron chi connectivity index (χ4n) is 4.14. The summed E-state index contributed by atoms with van der Waals surface area (Å²) < 4.78 is 5.34. The average Bonchev–Trinajstić information content (AvgIpc) is 2.75. The molecular formula is C24H31ClN2O2. The first-order valence-corrected chi connectivity index (χ1v) is 10.8. The van der Waals surface area contributed by atoms with E-state index in [-0.39, 0.29) is 11.9 Å². The molecule has 1 aliphatic heterocycles. The maximum Gasteiger partial charge on any atom is 0.256 e. The molecule has 0 aromatic heterocycles. The Labute approximate surface area is 179 Å². The van der Waals surface area contributed by atoms with E-state index in [1.807, 2.05) is 29.2 Å². The number of benzene rings is 2. The van der Waals surface area contributed by atoms with Gasteiger partial charge in [0.2, 0.25) is 0 Å². The van der Waals surface area contributed by atoms with Crippen LogP contribution >= 0.6 is 11.6 Å². The van der Waals surface area contributed by atoms with Crippen molar-refractivity contribution in [2.24, 2.45) is 5.92 Å². The molecule has 0 spiro atoms. The number of carbonyl (C=O) groups is 1. The number of rotatable bonds is 7. The molecule has 4 nitrogen and oxygen atoms in total. The van der Waals surface area contributed by atoms with E-state index in [1.54, 1.807) is 14.0 Å². The first kappa shape index (κ1) is 21.8. The topological polar surface area (TPSA) is 32.8 Å². The van der Waals surface area contributed by atoms with Crippen molar-refractivity contribution in [3.05, 3.63) is 65.2 Å². The number of ether oxygens (including phenoxy) is 1. The van der Waals surface area contributed by atoms with Gasteiger partial charge in [-0.1, -0.05) is 61.0 Å². The number of para-hydroxylation sites is 1. The van der Waals surface area contributed by atoms with Crippen LogP contribution in [0.15, 0.2) is 54.6 Å². The molecule has 1 amide bonds. The summed E-state index contributed by atoms with van der Waals surface area (Å²) in [7, 11) is 1.57. The van der Waals surface area contributed by atoms with Crippen LogP contribution in [0.25, 0.3) is 0 Å². The van der Waals surface area contributed by atoms with Crippen molar-refractivity contribution in [1.29, 1.82) is 0 Å². The highest BCUT2D eigenvalue weighted by molar-refractivity contribution is 6.33. The number of anilines is 1. The van der Waals surface area contributed by atoms with Gasteiger partial charge in [0.05, 0.1) is 10.7 Å². The van der Waals surface area contributed by atoms with Crippen LogP contribution in [0.1, 0.15) is 25.8 Å². The Balaban J connectivity index is 1.72. The van der Waals surface area contributed by atoms with Crippen molar-refractivity contribution in [1.82, 2.24) is 4.90 Å². The molecule has 0 saturated carbocycles. The standard InChI is InChI=1S/C24H31ClN2O2/c1-18-17-26(15-13-20-9-5-4-6-10-20)16-14-22(18)27(24(28)19(2)29-3)23-12-8-7-11-21(23)25/h4-12,18-19,22H,13-17H2,1-3H3/t18-,19?,22?/m0/s1. The predicted octanol–water partition coefficient (Wildman–Crippen LogP) is 4.66. The van der Waals surface area contributed by atoms with Crippen molar-refractivity contribution in [3.8, 4) is 0 Å². The highest BCUT2D eigenvalue weighted by atomic mass is 35.5. The number of piperidine rings is 1. The van der Waals surface area contributed by atoms with Gasteiger partial charge in [0.1, 0.15) is 6.10 Å². The van der Waals surface area contributed by atoms with Crippen LogP contribution in [0.5, 0.6) is 0 Å². The smallest absolute Gasteiger partial charge is 0.256 e. The molecule has 3 rings (SSSR count). The van der Waals surface area contributed by atoms with E-state index in [4.69, 9.17) is 16.3 Å². The minimum atomic E-state index is -0.505. The number of hydrogen-bond acceptors (Lipinski definition) is 3. The first-order valence-electron chi connectivity index (χ1n) is 10.4. The van der Waals surface area contributed by atoms with E-state index in [0.29, 0.717) is 10.9 Å². The van der Waals surface area contributed by atoms with Gasteiger partial charge in [0, 0.05) is 32.8 Å². The summed E-state index contributed by atoms with van der Waals surface area (Å²) in [5, 5.41) is 0.600. The molecule has 1 fully saturated rings. The number of amides is 1. The van der Waals surface area contributed by atoms with Gasteiger partial charge in [-0.2, -0.15) is 0 Å². The molecule has 2 aromatic carbocycles. The van der Waals surface area contributed by atoms with Gasteiger partial charge >= 0.3 is 0 Å². The van der Waals surface area contributed by atoms with Crippen LogP contribution in [0.4, 0.5) is 5.69 Å². The summed E-state index contributed by atoms with van der Waals surface area (Å²) in [4.78, 5) is 17.6. The molecule has 1 heterocycles. The Hall–Kier alpha value is -1.88. The average molecular weight is 415 g/mol. The van der Waals surface area contributed by atoms with Crippen LogP contribution in [-0.2, 0) is 16.0 Å². The Morgan fingerprint density at radius 3 is 2.55 bits per heavy atom. The molecule has 29 heavy (non-hydrogen) atoms. The molecule has 5 heteroatoms. The molecular weight excluding hydrogens is 384 g/mol. The van der Waals surface area contributed by atoms with Crippen LogP contribution in [0, 0.1) is 5.92 Å². The van der Waals surface area contributed by atoms with Crippen molar-refractivity contribution < 1.29 is 9.53 Å². The second-order valence-electron chi connectivity index (χ2n) is 7.91. The summed E-state index contributed by atoms with van der Waals surface area (Å²) in [6.07, 6.45) is 1.46. The predicted molar refractivity (Wildman–Crippen MR) is 120 cm³/mol. The van der Waals surface area contributed by atoms with Crippen molar-refractivity contribution >= 4 is 23.2 Å². The lowest BCUT2D eigenvalue weighted by molar-refractivity contribution is -0.128. The second kappa shape index (κ2) is 10.2. The highest BCUT2D eigenvalue weighted by Gasteiger charge is 2.36. The largest absolute Gasteiger partial charge is 0.372 e. The minimum Gasteiger partial charge on any atom is -0.372 e. The van der Waals surface area contributed by atoms with Gasteiger partial charge in [-0.15, -0.1) is 0 Å². The van der Waals surface area contributed by atoms with E-state index in [2.05, 4.69) is 42.2 Å². The summed E-state index contributed by atoms with van der Waals surface area (Å²) >= 11 is 6.48. The summed E-state index contributed by atoms with van der Waals surface area (Å²) in [6.45, 7) is 7.00. The van der Waals surface area contributed by atoms with Gasteiger partial charge in [0.15, 0.2) is 0 Å². The number of carbonyl (C=O) groups excluding carboxylic acids is 1. The van der Waals surface area contributed by atoms with Gasteiger partial charge in [-0.3, -0.25) is 4.79 Å². The molecule has 2 unspecified atom stereocenters. The van der Waals surface area contributed by atoms with Gasteiger partial charge in [-0.25, -0.2) is 0 Å². The fourth-order valence-corrected chi connectivity index (χ4v) is 4.37. The van der Waals surface area contributed by atoms with E-state index >= 15 is 0 Å². The first-order chi connectivity index (χ1) is 14.0. The Kier molecular flexibility index (Phi) is 7.70. The van der Waals surface area contributed by atoms with E-state index < -0.39 is 6.10 Å². The SMILES string of the molecule is COC(C)C(=O)N(c1ccccc1Cl)C1CCN(CCc2ccccc2)C[C@@H]1C. The van der Waals surface area contributed by atoms with Crippen LogP contribution in [0.3, 0.4) is 0 Å². The molecule has 0 N–H and O–H groups in total. The Morgan fingerprint density at radius 2 is 1.90 bits per heavy atom. The van der Waals surface area contributed by atoms with Crippen LogP contribution < -0.4 is 4.90 Å². The molecule has 1 saturated heterocycles. The molecule has 0 bridgehead atoms. The van der Waals surface area contributed by atoms with Crippen molar-refractivity contribution in [2.75, 3.05) is 31.6 Å². The molecule has 2 aromatic rings. The van der Waals surface area contributed by atoms with Crippen LogP contribution in [-0.4, -0.2) is 49.7 Å². The van der Waals surface area contributed by atoms with Gasteiger partial charge in [0.25, 0.3) is 5.91 Å². The molecule has 0 radical (unpaired) electrons.